The van der Waals surface area contributed by atoms with Gasteiger partial charge in [-0.3, -0.25) is 14.4 Å². The molecule has 1 aromatic carbocycles. The number of fused-ring (bicyclic) bond motifs is 5. The summed E-state index contributed by atoms with van der Waals surface area (Å²) in [4.78, 5) is 47.3. The van der Waals surface area contributed by atoms with Gasteiger partial charge in [-0.25, -0.2) is 4.39 Å². The van der Waals surface area contributed by atoms with Crippen LogP contribution in [0.5, 0.6) is 5.75 Å². The van der Waals surface area contributed by atoms with Gasteiger partial charge in [0.05, 0.1) is 11.8 Å². The SMILES string of the molecule is Cc1ccc(CNC(=O)c2cn3c(c(O)c2=O)C(=O)N2C[C@@H]3[C@]3(CC[C@@H]2C)CC(C(C)C)=NO3)c(F)c1. The Bertz CT molecular complexity index is 1380. The Morgan fingerprint density at radius 1 is 1.35 bits per heavy atom. The summed E-state index contributed by atoms with van der Waals surface area (Å²) in [5.74, 6) is -2.31. The molecule has 4 heterocycles. The monoisotopic (exact) mass is 510 g/mol. The highest BCUT2D eigenvalue weighted by molar-refractivity contribution is 5.99. The van der Waals surface area contributed by atoms with Gasteiger partial charge in [-0.1, -0.05) is 31.1 Å². The van der Waals surface area contributed by atoms with Crippen LogP contribution >= 0.6 is 0 Å². The maximum Gasteiger partial charge on any atom is 0.274 e. The molecule has 1 aromatic heterocycles. The van der Waals surface area contributed by atoms with Crippen LogP contribution in [-0.4, -0.2) is 50.3 Å². The molecule has 2 bridgehead atoms. The minimum atomic E-state index is -0.950. The van der Waals surface area contributed by atoms with Crippen molar-refractivity contribution < 1.29 is 23.9 Å². The molecule has 3 atom stereocenters. The van der Waals surface area contributed by atoms with Gasteiger partial charge in [0, 0.05) is 37.3 Å². The van der Waals surface area contributed by atoms with E-state index in [1.54, 1.807) is 24.0 Å². The predicted octanol–water partition coefficient (Wildman–Crippen LogP) is 3.28. The van der Waals surface area contributed by atoms with E-state index in [2.05, 4.69) is 10.5 Å². The number of carbonyl (C=O) groups excluding carboxylic acids is 2. The highest BCUT2D eigenvalue weighted by Crippen LogP contribution is 2.46. The maximum absolute atomic E-state index is 14.3. The van der Waals surface area contributed by atoms with E-state index in [-0.39, 0.29) is 35.3 Å². The predicted molar refractivity (Wildman–Crippen MR) is 134 cm³/mol. The lowest BCUT2D eigenvalue weighted by Gasteiger charge is -2.42. The molecule has 9 nitrogen and oxygen atoms in total. The molecule has 5 rings (SSSR count). The number of aryl methyl sites for hydroxylation is 1. The average Bonchev–Trinajstić information content (AvgIpc) is 3.24. The number of hydrogen-bond acceptors (Lipinski definition) is 6. The first-order chi connectivity index (χ1) is 17.5. The third kappa shape index (κ3) is 4.08. The minimum absolute atomic E-state index is 0.128. The molecule has 1 fully saturated rings. The number of hydrogen-bond donors (Lipinski definition) is 2. The van der Waals surface area contributed by atoms with E-state index in [0.29, 0.717) is 25.8 Å². The first kappa shape index (κ1) is 25.0. The summed E-state index contributed by atoms with van der Waals surface area (Å²) in [7, 11) is 0. The largest absolute Gasteiger partial charge is 0.503 e. The van der Waals surface area contributed by atoms with Crippen LogP contribution in [0, 0.1) is 18.7 Å². The van der Waals surface area contributed by atoms with E-state index < -0.39 is 40.5 Å². The van der Waals surface area contributed by atoms with Gasteiger partial charge < -0.3 is 24.7 Å². The molecular formula is C27H31FN4O5. The second-order valence-electron chi connectivity index (χ2n) is 10.7. The van der Waals surface area contributed by atoms with E-state index >= 15 is 0 Å². The molecule has 1 saturated heterocycles. The Hall–Kier alpha value is -3.69. The van der Waals surface area contributed by atoms with Gasteiger partial charge in [-0.15, -0.1) is 0 Å². The fourth-order valence-electron chi connectivity index (χ4n) is 5.52. The van der Waals surface area contributed by atoms with Gasteiger partial charge in [0.2, 0.25) is 5.43 Å². The number of halogens is 1. The van der Waals surface area contributed by atoms with Crippen LogP contribution in [0.4, 0.5) is 4.39 Å². The van der Waals surface area contributed by atoms with Crippen LogP contribution in [0.3, 0.4) is 0 Å². The molecule has 0 aliphatic carbocycles. The van der Waals surface area contributed by atoms with E-state index in [9.17, 15) is 23.9 Å². The van der Waals surface area contributed by atoms with Crippen LogP contribution in [0.1, 0.15) is 78.0 Å². The number of amides is 2. The van der Waals surface area contributed by atoms with E-state index in [0.717, 1.165) is 11.3 Å². The fourth-order valence-corrected chi connectivity index (χ4v) is 5.52. The summed E-state index contributed by atoms with van der Waals surface area (Å²) in [6.07, 6.45) is 3.15. The zero-order chi connectivity index (χ0) is 26.6. The Morgan fingerprint density at radius 3 is 2.78 bits per heavy atom. The van der Waals surface area contributed by atoms with Crippen molar-refractivity contribution in [2.45, 2.75) is 71.2 Å². The molecule has 0 radical (unpaired) electrons. The Labute approximate surface area is 213 Å². The molecule has 2 amide bonds. The molecule has 3 aliphatic heterocycles. The number of nitrogens with one attached hydrogen (secondary N) is 1. The third-order valence-corrected chi connectivity index (χ3v) is 7.89. The van der Waals surface area contributed by atoms with Crippen molar-refractivity contribution in [1.82, 2.24) is 14.8 Å². The molecule has 2 N–H and O–H groups in total. The number of pyridine rings is 1. The highest BCUT2D eigenvalue weighted by atomic mass is 19.1. The topological polar surface area (TPSA) is 113 Å². The Kier molecular flexibility index (Phi) is 6.08. The first-order valence-electron chi connectivity index (χ1n) is 12.6. The van der Waals surface area contributed by atoms with E-state index in [1.807, 2.05) is 20.8 Å². The molecule has 196 valence electrons. The second-order valence-corrected chi connectivity index (χ2v) is 10.7. The van der Waals surface area contributed by atoms with Crippen LogP contribution in [0.2, 0.25) is 0 Å². The van der Waals surface area contributed by atoms with Crippen molar-refractivity contribution in [3.05, 3.63) is 62.8 Å². The highest BCUT2D eigenvalue weighted by Gasteiger charge is 2.54. The van der Waals surface area contributed by atoms with Crippen LogP contribution in [-0.2, 0) is 11.4 Å². The third-order valence-electron chi connectivity index (χ3n) is 7.89. The minimum Gasteiger partial charge on any atom is -0.503 e. The average molecular weight is 511 g/mol. The van der Waals surface area contributed by atoms with Crippen molar-refractivity contribution in [1.29, 1.82) is 0 Å². The van der Waals surface area contributed by atoms with E-state index in [1.165, 1.54) is 16.8 Å². The Balaban J connectivity index is 1.54. The number of aromatic nitrogens is 1. The van der Waals surface area contributed by atoms with Crippen molar-refractivity contribution in [3.8, 4) is 5.75 Å². The van der Waals surface area contributed by atoms with Gasteiger partial charge in [0.15, 0.2) is 17.0 Å². The fraction of sp³-hybridized carbons (Fsp3) is 0.481. The van der Waals surface area contributed by atoms with Crippen molar-refractivity contribution in [3.63, 3.8) is 0 Å². The molecule has 10 heteroatoms. The van der Waals surface area contributed by atoms with Crippen molar-refractivity contribution >= 4 is 17.5 Å². The smallest absolute Gasteiger partial charge is 0.274 e. The van der Waals surface area contributed by atoms with Gasteiger partial charge in [0.25, 0.3) is 11.8 Å². The van der Waals surface area contributed by atoms with Crippen molar-refractivity contribution in [2.24, 2.45) is 11.1 Å². The second kappa shape index (κ2) is 9.00. The quantitative estimate of drug-likeness (QED) is 0.656. The van der Waals surface area contributed by atoms with Crippen LogP contribution < -0.4 is 10.7 Å². The standard InChI is InChI=1S/C27H31FN4O5/c1-14(2)20-10-27(37-30-20)8-7-16(4)31-13-21(27)32-12-18(23(33)24(34)22(32)26(31)36)25(35)29-11-17-6-5-15(3)9-19(17)28/h5-6,9,12,14,16,21,34H,7-8,10-11,13H2,1-4H3,(H,29,35)/t16-,21+,27-/m0/s1. The lowest BCUT2D eigenvalue weighted by molar-refractivity contribution is -0.0655. The van der Waals surface area contributed by atoms with Gasteiger partial charge in [-0.05, 0) is 44.2 Å². The summed E-state index contributed by atoms with van der Waals surface area (Å²) < 4.78 is 15.8. The van der Waals surface area contributed by atoms with Gasteiger partial charge in [-0.2, -0.15) is 0 Å². The maximum atomic E-state index is 14.3. The molecule has 37 heavy (non-hydrogen) atoms. The molecule has 1 spiro atoms. The number of carbonyl (C=O) groups is 2. The Morgan fingerprint density at radius 2 is 2.11 bits per heavy atom. The summed E-state index contributed by atoms with van der Waals surface area (Å²) in [6.45, 7) is 7.92. The molecular weight excluding hydrogens is 479 g/mol. The molecule has 3 aliphatic rings. The molecule has 0 saturated carbocycles. The number of benzene rings is 1. The summed E-state index contributed by atoms with van der Waals surface area (Å²) in [5.41, 5.74) is -0.297. The molecule has 0 unspecified atom stereocenters. The van der Waals surface area contributed by atoms with Gasteiger partial charge in [0.1, 0.15) is 11.4 Å². The summed E-state index contributed by atoms with van der Waals surface area (Å²) in [5, 5.41) is 17.8. The summed E-state index contributed by atoms with van der Waals surface area (Å²) in [6, 6.07) is 4.05. The lowest BCUT2D eigenvalue weighted by Crippen LogP contribution is -2.52. The van der Waals surface area contributed by atoms with Gasteiger partial charge >= 0.3 is 0 Å². The number of rotatable bonds is 4. The zero-order valence-corrected chi connectivity index (χ0v) is 21.4. The van der Waals surface area contributed by atoms with Crippen LogP contribution in [0.25, 0.3) is 0 Å². The number of oxime groups is 1. The summed E-state index contributed by atoms with van der Waals surface area (Å²) >= 11 is 0. The number of nitrogens with zero attached hydrogens (tertiary/aromatic N) is 3. The normalized spacial score (nSPS) is 24.5. The number of aromatic hydroxyl groups is 1. The van der Waals surface area contributed by atoms with Crippen molar-refractivity contribution in [2.75, 3.05) is 6.54 Å². The van der Waals surface area contributed by atoms with E-state index in [4.69, 9.17) is 4.84 Å². The lowest BCUT2D eigenvalue weighted by atomic mass is 9.82. The van der Waals surface area contributed by atoms with Crippen LogP contribution in [0.15, 0.2) is 34.3 Å². The zero-order valence-electron chi connectivity index (χ0n) is 21.4. The first-order valence-corrected chi connectivity index (χ1v) is 12.6. The molecule has 2 aromatic rings.